The van der Waals surface area contributed by atoms with E-state index in [0.29, 0.717) is 88.5 Å². The second kappa shape index (κ2) is 38.4. The number of amides is 4. The van der Waals surface area contributed by atoms with Crippen molar-refractivity contribution in [3.8, 4) is 0 Å². The van der Waals surface area contributed by atoms with Crippen LogP contribution in [0.1, 0.15) is 115 Å². The Kier molecular flexibility index (Phi) is 32.4. The minimum Gasteiger partial charge on any atom is -0.390 e. The Labute approximate surface area is 489 Å². The zero-order valence-corrected chi connectivity index (χ0v) is 49.5. The quantitative estimate of drug-likeness (QED) is 0.0263. The van der Waals surface area contributed by atoms with Crippen molar-refractivity contribution in [2.75, 3.05) is 99.1 Å². The molecule has 84 heavy (non-hydrogen) atoms. The summed E-state index contributed by atoms with van der Waals surface area (Å²) in [6, 6.07) is 0. The van der Waals surface area contributed by atoms with Gasteiger partial charge in [-0.1, -0.05) is 27.2 Å². The Morgan fingerprint density at radius 3 is 1.83 bits per heavy atom. The number of nitrogens with zero attached hydrogens (tertiary/aromatic N) is 5. The fraction of sp³-hybridized carbons (Fsp3) is 0.759. The van der Waals surface area contributed by atoms with Gasteiger partial charge in [-0.2, -0.15) is 5.10 Å². The highest BCUT2D eigenvalue weighted by atomic mass is 16.6. The van der Waals surface area contributed by atoms with Gasteiger partial charge in [-0.15, -0.1) is 0 Å². The van der Waals surface area contributed by atoms with E-state index in [0.717, 1.165) is 62.7 Å². The molecule has 4 amide bonds. The number of rotatable bonds is 34. The van der Waals surface area contributed by atoms with Gasteiger partial charge in [0.25, 0.3) is 5.56 Å². The van der Waals surface area contributed by atoms with Crippen LogP contribution >= 0.6 is 0 Å². The molecule has 6 heterocycles. The van der Waals surface area contributed by atoms with Crippen LogP contribution in [0.3, 0.4) is 0 Å². The summed E-state index contributed by atoms with van der Waals surface area (Å²) in [5.74, 6) is -0.627. The zero-order chi connectivity index (χ0) is 61.6. The van der Waals surface area contributed by atoms with E-state index in [1.165, 1.54) is 17.2 Å². The number of carbonyl (C=O) groups excluding carboxylic acids is 4. The van der Waals surface area contributed by atoms with Crippen molar-refractivity contribution >= 4 is 40.5 Å². The van der Waals surface area contributed by atoms with E-state index in [4.69, 9.17) is 29.4 Å². The Morgan fingerprint density at radius 2 is 1.23 bits per heavy atom. The first-order valence-electron chi connectivity index (χ1n) is 29.3. The van der Waals surface area contributed by atoms with E-state index in [-0.39, 0.29) is 67.2 Å². The van der Waals surface area contributed by atoms with Gasteiger partial charge in [-0.25, -0.2) is 19.4 Å². The van der Waals surface area contributed by atoms with Crippen LogP contribution in [0.25, 0.3) is 11.0 Å². The van der Waals surface area contributed by atoms with E-state index in [9.17, 15) is 54.3 Å². The smallest absolute Gasteiger partial charge is 0.328 e. The van der Waals surface area contributed by atoms with Gasteiger partial charge >= 0.3 is 5.69 Å². The minimum atomic E-state index is -1.30. The van der Waals surface area contributed by atoms with Crippen LogP contribution in [0.5, 0.6) is 0 Å². The minimum absolute atomic E-state index is 0.00397. The fourth-order valence-corrected chi connectivity index (χ4v) is 9.45. The average Bonchev–Trinajstić information content (AvgIpc) is 2.81. The molecule has 11 atom stereocenters. The molecular weight excluding hydrogens is 1100 g/mol. The predicted molar refractivity (Wildman–Crippen MR) is 308 cm³/mol. The van der Waals surface area contributed by atoms with Crippen LogP contribution in [0, 0.1) is 0 Å². The number of H-pyrrole nitrogens is 1. The summed E-state index contributed by atoms with van der Waals surface area (Å²) < 4.78 is 30.2. The highest BCUT2D eigenvalue weighted by molar-refractivity contribution is 5.88. The molecule has 30 heteroatoms. The molecule has 0 spiro atoms. The number of aromatic amines is 1. The lowest BCUT2D eigenvalue weighted by Crippen LogP contribution is -2.37. The lowest BCUT2D eigenvalue weighted by molar-refractivity contribution is -0.132. The summed E-state index contributed by atoms with van der Waals surface area (Å²) in [4.78, 5) is 82.8. The highest BCUT2D eigenvalue weighted by Gasteiger charge is 2.46. The number of nitrogen functional groups attached to an aromatic ring is 1. The first-order valence-corrected chi connectivity index (χ1v) is 29.3. The van der Waals surface area contributed by atoms with E-state index in [2.05, 4.69) is 57.3 Å². The van der Waals surface area contributed by atoms with Gasteiger partial charge in [0.2, 0.25) is 23.6 Å². The first-order chi connectivity index (χ1) is 40.4. The molecule has 0 aliphatic carbocycles. The third-order valence-electron chi connectivity index (χ3n) is 14.2. The average molecular weight is 1200 g/mol. The number of aromatic nitrogens is 6. The molecule has 15 N–H and O–H groups in total. The normalized spacial score (nSPS) is 23.6. The molecule has 0 bridgehead atoms. The zero-order valence-electron chi connectivity index (χ0n) is 49.5. The van der Waals surface area contributed by atoms with Gasteiger partial charge in [0, 0.05) is 64.7 Å². The third kappa shape index (κ3) is 22.3. The van der Waals surface area contributed by atoms with Crippen molar-refractivity contribution in [1.29, 1.82) is 0 Å². The summed E-state index contributed by atoms with van der Waals surface area (Å²) in [6.07, 6.45) is 0.969. The Morgan fingerprint density at radius 1 is 0.655 bits per heavy atom. The number of ether oxygens (including phenoxy) is 5. The number of hydrogen-bond acceptors (Lipinski definition) is 23. The maximum absolute atomic E-state index is 12.5. The van der Waals surface area contributed by atoms with Crippen molar-refractivity contribution in [2.45, 2.75) is 172 Å². The Hall–Kier alpha value is -5.61. The first kappa shape index (κ1) is 70.9. The van der Waals surface area contributed by atoms with Gasteiger partial charge < -0.3 is 92.2 Å². The van der Waals surface area contributed by atoms with Gasteiger partial charge in [0.15, 0.2) is 5.82 Å². The van der Waals surface area contributed by atoms with E-state index in [1.54, 1.807) is 6.92 Å². The molecule has 0 aromatic carbocycles. The van der Waals surface area contributed by atoms with Gasteiger partial charge in [0.05, 0.1) is 56.4 Å². The molecule has 3 aromatic heterocycles. The van der Waals surface area contributed by atoms with Crippen LogP contribution < -0.4 is 54.2 Å². The molecule has 3 aliphatic heterocycles. The molecule has 3 aliphatic rings. The van der Waals surface area contributed by atoms with Crippen molar-refractivity contribution in [2.24, 2.45) is 0 Å². The number of nitrogens with one attached hydrogen (secondary N) is 8. The van der Waals surface area contributed by atoms with Crippen LogP contribution in [0.15, 0.2) is 22.1 Å². The summed E-state index contributed by atoms with van der Waals surface area (Å²) in [5.41, 5.74) is 5.67. The van der Waals surface area contributed by atoms with Crippen molar-refractivity contribution in [3.05, 3.63) is 44.6 Å². The number of likely N-dealkylation sites (N-methyl/N-ethyl adjacent to an activating group) is 1. The van der Waals surface area contributed by atoms with Crippen LogP contribution in [0.4, 0.5) is 5.82 Å². The Balaban J connectivity index is 0.000000285. The SMILES string of the molecule is CCC1OC(C(=O)NCCCCNC)CC1O.CCC1OC(c2cn(CCC(=O)NCCNC(=O)CCCCCNC)c(=O)[nH]c2=O)C(O)C1O.CCC1OC(c2nn(CC(=O)NCCOCCOCCNC)c3c(N)ncnc23)C(O)C1O. The number of unbranched alkanes of at least 4 members (excludes halogenated alkanes) is 3. The van der Waals surface area contributed by atoms with Crippen molar-refractivity contribution in [3.63, 3.8) is 0 Å². The number of aliphatic hydroxyl groups excluding tert-OH is 5. The predicted octanol–water partition coefficient (Wildman–Crippen LogP) is -3.11. The second-order valence-electron chi connectivity index (χ2n) is 20.5. The van der Waals surface area contributed by atoms with Crippen LogP contribution in [0.2, 0.25) is 0 Å². The maximum Gasteiger partial charge on any atom is 0.328 e. The molecule has 11 unspecified atom stereocenters. The Bertz CT molecular complexity index is 2560. The van der Waals surface area contributed by atoms with Crippen molar-refractivity contribution < 1.29 is 68.4 Å². The van der Waals surface area contributed by atoms with E-state index >= 15 is 0 Å². The van der Waals surface area contributed by atoms with Gasteiger partial charge in [0.1, 0.15) is 72.3 Å². The maximum atomic E-state index is 12.5. The lowest BCUT2D eigenvalue weighted by Gasteiger charge is -2.15. The monoisotopic (exact) mass is 1190 g/mol. The number of hydrogen-bond donors (Lipinski definition) is 14. The van der Waals surface area contributed by atoms with E-state index in [1.807, 2.05) is 35.0 Å². The molecule has 3 aromatic rings. The molecular formula is C54H94N14O16. The molecule has 0 radical (unpaired) electrons. The molecule has 6 rings (SSSR count). The number of anilines is 1. The molecule has 3 saturated heterocycles. The number of aryl methyl sites for hydroxylation is 1. The number of aliphatic hydroxyl groups is 5. The highest BCUT2D eigenvalue weighted by Crippen LogP contribution is 2.38. The summed E-state index contributed by atoms with van der Waals surface area (Å²) in [7, 11) is 5.66. The van der Waals surface area contributed by atoms with Crippen LogP contribution in [-0.2, 0) is 56.0 Å². The summed E-state index contributed by atoms with van der Waals surface area (Å²) >= 11 is 0. The number of nitrogens with two attached hydrogens (primary N) is 1. The number of fused-ring (bicyclic) bond motifs is 1. The number of carbonyl (C=O) groups is 4. The second-order valence-corrected chi connectivity index (χ2v) is 20.5. The topological polar surface area (TPSA) is 424 Å². The summed E-state index contributed by atoms with van der Waals surface area (Å²) in [6.45, 7) is 11.6. The van der Waals surface area contributed by atoms with Crippen LogP contribution in [-0.4, -0.2) is 227 Å². The van der Waals surface area contributed by atoms with Gasteiger partial charge in [-0.05, 0) is 79.2 Å². The largest absolute Gasteiger partial charge is 0.390 e. The summed E-state index contributed by atoms with van der Waals surface area (Å²) in [5, 5.41) is 75.2. The van der Waals surface area contributed by atoms with E-state index < -0.39 is 72.3 Å². The molecule has 3 fully saturated rings. The lowest BCUT2D eigenvalue weighted by atomic mass is 10.0. The molecule has 0 saturated carbocycles. The molecule has 30 nitrogen and oxygen atoms in total. The third-order valence-corrected chi connectivity index (χ3v) is 14.2. The van der Waals surface area contributed by atoms with Crippen molar-refractivity contribution in [1.82, 2.24) is 66.5 Å². The van der Waals surface area contributed by atoms with Gasteiger partial charge in [-0.3, -0.25) is 33.5 Å². The fourth-order valence-electron chi connectivity index (χ4n) is 9.45. The molecule has 476 valence electrons. The standard InChI is InChI=1S/C22H37N5O7.C20H33N7O6.C12H24N2O3/c1-3-15-18(30)19(31)20(34-15)14-13-27(22(33)26-21(14)32)12-8-17(29)25-11-10-24-16(28)7-5-4-6-9-23-2;1-3-12-17(29)18(30)19(33-12)15-14-16(20(21)25-11-24-14)27(26-15)10-13(28)23-5-7-32-9-8-31-6-4-22-2;1-3-10-9(15)8-11(17-10)12(16)14-7-5-4-6-13-2/h13,15,18-20,23,30-31H,3-12H2,1-2H3,(H,24,28)(H,25,29)(H,26,32,33);11-12,17-19,22,29-30H,3-10H2,1-2H3,(H,23,28)(H2,21,24,25);9-11,13,15H,3-8H2,1-2H3,(H,14,16).